The lowest BCUT2D eigenvalue weighted by Crippen LogP contribution is -1.88. The van der Waals surface area contributed by atoms with Crippen LogP contribution in [0.15, 0.2) is 182 Å². The lowest BCUT2D eigenvalue weighted by molar-refractivity contribution is 0.399. The molecule has 6 rings (SSSR count). The molecule has 0 saturated carbocycles. The van der Waals surface area contributed by atoms with E-state index in [0.717, 1.165) is 78.2 Å². The van der Waals surface area contributed by atoms with E-state index >= 15 is 0 Å². The molecule has 11 nitrogen and oxygen atoms in total. The van der Waals surface area contributed by atoms with Gasteiger partial charge in [-0.2, -0.15) is 0 Å². The van der Waals surface area contributed by atoms with Gasteiger partial charge in [0.1, 0.15) is 0 Å². The van der Waals surface area contributed by atoms with E-state index in [9.17, 15) is 0 Å². The van der Waals surface area contributed by atoms with Gasteiger partial charge in [0.2, 0.25) is 0 Å². The van der Waals surface area contributed by atoms with Crippen LogP contribution in [0, 0.1) is 34.6 Å². The minimum atomic E-state index is 0. The van der Waals surface area contributed by atoms with Crippen LogP contribution in [0.25, 0.3) is 0 Å². The Labute approximate surface area is 464 Å². The summed E-state index contributed by atoms with van der Waals surface area (Å²) in [6.45, 7) is 27.1. The van der Waals surface area contributed by atoms with Crippen LogP contribution in [-0.4, -0.2) is 134 Å². The van der Waals surface area contributed by atoms with Crippen molar-refractivity contribution < 1.29 is 56.2 Å². The Hall–Kier alpha value is -5.12. The Kier molecular flexibility index (Phi) is 203. The molecule has 0 radical (unpaired) electrons. The van der Waals surface area contributed by atoms with Gasteiger partial charge in [0.15, 0.2) is 0 Å². The molecule has 0 aromatic heterocycles. The largest absolute Gasteiger partial charge is 0.400 e. The molecule has 444 valence electrons. The van der Waals surface area contributed by atoms with Crippen LogP contribution in [-0.2, 0) is 0 Å². The maximum atomic E-state index is 7.00. The van der Waals surface area contributed by atoms with Crippen molar-refractivity contribution in [3.63, 3.8) is 0 Å². The molecule has 0 aliphatic heterocycles. The van der Waals surface area contributed by atoms with Gasteiger partial charge in [0.05, 0.1) is 0 Å². The van der Waals surface area contributed by atoms with E-state index in [1.54, 1.807) is 0 Å². The third-order valence-electron chi connectivity index (χ3n) is 6.68. The molecular weight excluding hydrogens is 945 g/mol. The van der Waals surface area contributed by atoms with E-state index in [1.807, 2.05) is 119 Å². The average Bonchev–Trinajstić information content (AvgIpc) is 3.52. The lowest BCUT2D eigenvalue weighted by Gasteiger charge is -2.06. The number of benzene rings is 6. The number of rotatable bonds is 2. The minimum absolute atomic E-state index is 0. The molecule has 1 unspecified atom stereocenters. The Morgan fingerprint density at radius 1 is 0.253 bits per heavy atom. The fourth-order valence-electron chi connectivity index (χ4n) is 3.69. The molecule has 11 N–H and O–H groups in total. The molecule has 11 heteroatoms. The monoisotopic (exact) mass is 1070 g/mol. The number of hydrogen-bond acceptors (Lipinski definition) is 11. The Morgan fingerprint density at radius 2 is 0.360 bits per heavy atom. The summed E-state index contributed by atoms with van der Waals surface area (Å²) in [7, 11) is 11.0. The van der Waals surface area contributed by atoms with Crippen LogP contribution < -0.4 is 0 Å². The summed E-state index contributed by atoms with van der Waals surface area (Å²) in [4.78, 5) is 0. The van der Waals surface area contributed by atoms with E-state index in [-0.39, 0.29) is 7.43 Å². The lowest BCUT2D eigenvalue weighted by atomic mass is 9.99. The quantitative estimate of drug-likeness (QED) is 0.0783. The number of aliphatic hydroxyl groups excluding tert-OH is 11. The molecule has 0 bridgehead atoms. The van der Waals surface area contributed by atoms with E-state index in [4.69, 9.17) is 56.2 Å². The highest BCUT2D eigenvalue weighted by atomic mass is 16.3. The fourth-order valence-corrected chi connectivity index (χ4v) is 3.69. The molecule has 0 fully saturated rings. The Bertz CT molecular complexity index is 1270. The zero-order chi connectivity index (χ0) is 61.7. The fraction of sp³-hybridized carbons (Fsp3) is 0.438. The molecule has 0 aliphatic carbocycles. The van der Waals surface area contributed by atoms with Crippen molar-refractivity contribution >= 4 is 0 Å². The molecule has 0 aliphatic rings. The molecule has 0 amide bonds. The van der Waals surface area contributed by atoms with Crippen molar-refractivity contribution in [1.82, 2.24) is 0 Å². The number of hydrogen-bond donors (Lipinski definition) is 11. The predicted molar refractivity (Wildman–Crippen MR) is 336 cm³/mol. The minimum Gasteiger partial charge on any atom is -0.400 e. The highest BCUT2D eigenvalue weighted by Crippen LogP contribution is 2.16. The first kappa shape index (κ1) is 110. The van der Waals surface area contributed by atoms with Crippen molar-refractivity contribution in [2.45, 2.75) is 116 Å². The number of aliphatic hydroxyl groups is 11. The molecule has 0 saturated heterocycles. The van der Waals surface area contributed by atoms with Crippen LogP contribution in [0.1, 0.15) is 115 Å². The van der Waals surface area contributed by atoms with Crippen LogP contribution >= 0.6 is 0 Å². The smallest absolute Gasteiger partial charge is 0.0319 e. The van der Waals surface area contributed by atoms with Gasteiger partial charge in [-0.1, -0.05) is 279 Å². The second-order valence-electron chi connectivity index (χ2n) is 11.7. The van der Waals surface area contributed by atoms with Gasteiger partial charge in [-0.25, -0.2) is 0 Å². The zero-order valence-electron chi connectivity index (χ0n) is 51.2. The summed E-state index contributed by atoms with van der Waals surface area (Å²) in [5, 5.41) is 77.0. The van der Waals surface area contributed by atoms with Gasteiger partial charge in [0.25, 0.3) is 0 Å². The standard InChI is InChI=1S/C10H14.5C7H8.C3H8.2C2H6.11CH4O.CH4/c1-3-9(2)10-7-5-4-6-8-10;5*1-7-5-3-2-4-6-7;1-3-2;13*1-2;/h4-9H,3H2,1-2H3;5*2-6H,1H3;3H2,1-2H3;2*1-2H3;11*2H,1H3;1H4. The van der Waals surface area contributed by atoms with Gasteiger partial charge in [-0.15, -0.1) is 0 Å². The van der Waals surface area contributed by atoms with Gasteiger partial charge in [-0.3, -0.25) is 0 Å². The highest BCUT2D eigenvalue weighted by molar-refractivity contribution is 5.18. The molecule has 1 atom stereocenters. The van der Waals surface area contributed by atoms with E-state index < -0.39 is 0 Å². The summed E-state index contributed by atoms with van der Waals surface area (Å²) >= 11 is 0. The number of aryl methyl sites for hydroxylation is 5. The summed E-state index contributed by atoms with van der Waals surface area (Å²) in [6, 6.07) is 61.9. The molecular formula is C64H122O11. The first-order valence-corrected chi connectivity index (χ1v) is 24.3. The van der Waals surface area contributed by atoms with Crippen LogP contribution in [0.2, 0.25) is 0 Å². The van der Waals surface area contributed by atoms with Gasteiger partial charge in [0, 0.05) is 78.2 Å². The van der Waals surface area contributed by atoms with E-state index in [0.29, 0.717) is 5.92 Å². The SMILES string of the molecule is C.CC.CC.CCC.CCC(C)c1ccccc1.CO.CO.CO.CO.CO.CO.CO.CO.CO.CO.CO.Cc1ccccc1.Cc1ccccc1.Cc1ccccc1.Cc1ccccc1.Cc1ccccc1. The first-order valence-electron chi connectivity index (χ1n) is 24.3. The maximum Gasteiger partial charge on any atom is 0.0319 e. The molecule has 6 aromatic rings. The second-order valence-corrected chi connectivity index (χ2v) is 11.7. The van der Waals surface area contributed by atoms with E-state index in [1.165, 1.54) is 46.2 Å². The van der Waals surface area contributed by atoms with Crippen molar-refractivity contribution in [1.29, 1.82) is 0 Å². The zero-order valence-corrected chi connectivity index (χ0v) is 51.2. The second kappa shape index (κ2) is 138. The first-order chi connectivity index (χ1) is 36.2. The summed E-state index contributed by atoms with van der Waals surface area (Å²) in [5.41, 5.74) is 8.06. The molecule has 75 heavy (non-hydrogen) atoms. The molecule has 6 aromatic carbocycles. The Morgan fingerprint density at radius 3 is 0.440 bits per heavy atom. The van der Waals surface area contributed by atoms with Crippen molar-refractivity contribution in [3.05, 3.63) is 215 Å². The van der Waals surface area contributed by atoms with Gasteiger partial charge < -0.3 is 56.2 Å². The van der Waals surface area contributed by atoms with Crippen molar-refractivity contribution in [3.8, 4) is 0 Å². The summed E-state index contributed by atoms with van der Waals surface area (Å²) in [5.74, 6) is 0.709. The highest BCUT2D eigenvalue weighted by Gasteiger charge is 1.98. The van der Waals surface area contributed by atoms with Crippen LogP contribution in [0.4, 0.5) is 0 Å². The summed E-state index contributed by atoms with van der Waals surface area (Å²) in [6.07, 6.45) is 2.48. The third kappa shape index (κ3) is 129. The van der Waals surface area contributed by atoms with E-state index in [2.05, 4.69) is 153 Å². The van der Waals surface area contributed by atoms with Crippen LogP contribution in [0.5, 0.6) is 0 Å². The average molecular weight is 1070 g/mol. The normalized spacial score (nSPS) is 7.08. The van der Waals surface area contributed by atoms with Crippen LogP contribution in [0.3, 0.4) is 0 Å². The summed E-state index contributed by atoms with van der Waals surface area (Å²) < 4.78 is 0. The topological polar surface area (TPSA) is 223 Å². The molecule has 0 heterocycles. The van der Waals surface area contributed by atoms with Gasteiger partial charge in [-0.05, 0) is 52.5 Å². The predicted octanol–water partition coefficient (Wildman–Crippen LogP) is 13.0. The third-order valence-corrected chi connectivity index (χ3v) is 6.68. The van der Waals surface area contributed by atoms with Crippen molar-refractivity contribution in [2.24, 2.45) is 0 Å². The Balaban J connectivity index is -0.0000000404. The maximum absolute atomic E-state index is 7.00. The van der Waals surface area contributed by atoms with Gasteiger partial charge >= 0.3 is 0 Å². The molecule has 0 spiro atoms. The van der Waals surface area contributed by atoms with Crippen molar-refractivity contribution in [2.75, 3.05) is 78.2 Å².